The Morgan fingerprint density at radius 2 is 1.87 bits per heavy atom. The van der Waals surface area contributed by atoms with Gasteiger partial charge in [-0.2, -0.15) is 15.2 Å². The molecule has 1 saturated heterocycles. The van der Waals surface area contributed by atoms with Crippen molar-refractivity contribution in [3.63, 3.8) is 0 Å². The predicted molar refractivity (Wildman–Crippen MR) is 147 cm³/mol. The molecule has 12 nitrogen and oxygen atoms in total. The van der Waals surface area contributed by atoms with Gasteiger partial charge in [0.2, 0.25) is 5.95 Å². The maximum absolute atomic E-state index is 12.8. The largest absolute Gasteiger partial charge is 0.351 e. The van der Waals surface area contributed by atoms with Gasteiger partial charge in [0.05, 0.1) is 33.7 Å². The van der Waals surface area contributed by atoms with Crippen molar-refractivity contribution >= 4 is 40.1 Å². The Morgan fingerprint density at radius 3 is 2.58 bits per heavy atom. The molecule has 0 saturated carbocycles. The minimum atomic E-state index is -0.144. The molecule has 4 aromatic heterocycles. The van der Waals surface area contributed by atoms with E-state index in [4.69, 9.17) is 0 Å². The first-order chi connectivity index (χ1) is 18.1. The molecule has 5 rings (SSSR count). The number of fused-ring (bicyclic) bond motifs is 1. The van der Waals surface area contributed by atoms with Gasteiger partial charge in [0.1, 0.15) is 0 Å². The summed E-state index contributed by atoms with van der Waals surface area (Å²) in [5, 5.41) is 19.3. The Morgan fingerprint density at radius 1 is 1.05 bits per heavy atom. The van der Waals surface area contributed by atoms with Crippen molar-refractivity contribution in [2.45, 2.75) is 34.1 Å². The number of anilines is 4. The summed E-state index contributed by atoms with van der Waals surface area (Å²) in [5.41, 5.74) is 4.66. The molecular formula is C26H35N11O. The zero-order valence-electron chi connectivity index (χ0n) is 22.8. The number of pyridine rings is 1. The first kappa shape index (κ1) is 25.6. The van der Waals surface area contributed by atoms with Crippen molar-refractivity contribution in [3.05, 3.63) is 41.6 Å². The average molecular weight is 518 g/mol. The number of amides is 1. The van der Waals surface area contributed by atoms with Gasteiger partial charge < -0.3 is 20.9 Å². The molecule has 0 radical (unpaired) electrons. The van der Waals surface area contributed by atoms with E-state index in [9.17, 15) is 4.79 Å². The summed E-state index contributed by atoms with van der Waals surface area (Å²) in [6.07, 6.45) is 6.40. The zero-order chi connectivity index (χ0) is 27.0. The molecule has 1 fully saturated rings. The Labute approximate surface area is 221 Å². The van der Waals surface area contributed by atoms with Crippen LogP contribution in [0.1, 0.15) is 42.0 Å². The summed E-state index contributed by atoms with van der Waals surface area (Å²) in [5.74, 6) is 0.900. The highest BCUT2D eigenvalue weighted by Gasteiger charge is 2.28. The normalized spacial score (nSPS) is 15.2. The second-order valence-corrected chi connectivity index (χ2v) is 10.8. The fourth-order valence-electron chi connectivity index (χ4n) is 4.79. The lowest BCUT2D eigenvalue weighted by Crippen LogP contribution is -2.34. The second-order valence-electron chi connectivity index (χ2n) is 10.8. The monoisotopic (exact) mass is 517 g/mol. The van der Waals surface area contributed by atoms with Crippen LogP contribution >= 0.6 is 0 Å². The number of hydrogen-bond acceptors (Lipinski definition) is 9. The van der Waals surface area contributed by atoms with Gasteiger partial charge in [-0.15, -0.1) is 0 Å². The molecule has 0 unspecified atom stereocenters. The number of nitrogens with zero attached hydrogens (tertiary/aromatic N) is 8. The molecule has 0 aliphatic carbocycles. The highest BCUT2D eigenvalue weighted by atomic mass is 16.1. The van der Waals surface area contributed by atoms with Crippen molar-refractivity contribution in [2.75, 3.05) is 36.8 Å². The Hall–Kier alpha value is -4.06. The van der Waals surface area contributed by atoms with E-state index < -0.39 is 0 Å². The van der Waals surface area contributed by atoms with E-state index in [0.717, 1.165) is 42.1 Å². The van der Waals surface area contributed by atoms with E-state index in [1.807, 2.05) is 34.1 Å². The van der Waals surface area contributed by atoms with Gasteiger partial charge in [0.25, 0.3) is 5.91 Å². The maximum Gasteiger partial charge on any atom is 0.252 e. The van der Waals surface area contributed by atoms with Crippen LogP contribution in [0.25, 0.3) is 11.0 Å². The lowest BCUT2D eigenvalue weighted by molar-refractivity contribution is 0.0949. The molecule has 5 heterocycles. The van der Waals surface area contributed by atoms with E-state index >= 15 is 0 Å². The number of likely N-dealkylation sites (tertiary alicyclic amines) is 1. The SMILES string of the molecule is Cc1nn(C)cc1Nc1ncc2c(Nc3cc(C(=O)NCCN4CCC(C)(C)C4)cnc3C)nn(C)c2n1. The maximum atomic E-state index is 12.8. The molecule has 1 aliphatic rings. The fraction of sp³-hybridized carbons (Fsp3) is 0.462. The summed E-state index contributed by atoms with van der Waals surface area (Å²) in [4.78, 5) is 28.8. The third kappa shape index (κ3) is 5.44. The van der Waals surface area contributed by atoms with Crippen LogP contribution in [0.5, 0.6) is 0 Å². The molecule has 200 valence electrons. The van der Waals surface area contributed by atoms with Gasteiger partial charge in [-0.1, -0.05) is 13.8 Å². The molecule has 0 aromatic carbocycles. The molecule has 38 heavy (non-hydrogen) atoms. The zero-order valence-corrected chi connectivity index (χ0v) is 22.8. The second kappa shape index (κ2) is 10.0. The summed E-state index contributed by atoms with van der Waals surface area (Å²) < 4.78 is 3.43. The van der Waals surface area contributed by atoms with Gasteiger partial charge in [0.15, 0.2) is 11.5 Å². The predicted octanol–water partition coefficient (Wildman–Crippen LogP) is 3.06. The quantitative estimate of drug-likeness (QED) is 0.323. The molecular weight excluding hydrogens is 482 g/mol. The average Bonchev–Trinajstić information content (AvgIpc) is 3.48. The Balaban J connectivity index is 1.28. The first-order valence-electron chi connectivity index (χ1n) is 12.8. The van der Waals surface area contributed by atoms with E-state index in [-0.39, 0.29) is 5.91 Å². The van der Waals surface area contributed by atoms with Crippen molar-refractivity contribution in [2.24, 2.45) is 19.5 Å². The standard InChI is InChI=1S/C26H35N11O/c1-16-20(11-18(12-28-16)24(38)27-8-10-37-9-7-26(3,4)15-37)30-22-19-13-29-25(32-23(19)36(6)34-22)31-21-14-35(5)33-17(21)2/h11-14H,7-10,15H2,1-6H3,(H,27,38)(H,30,34)(H,29,31,32). The fourth-order valence-corrected chi connectivity index (χ4v) is 4.79. The number of aryl methyl sites for hydroxylation is 4. The third-order valence-electron chi connectivity index (χ3n) is 6.91. The van der Waals surface area contributed by atoms with Gasteiger partial charge >= 0.3 is 0 Å². The van der Waals surface area contributed by atoms with Crippen molar-refractivity contribution in [1.82, 2.24) is 44.7 Å². The number of carbonyl (C=O) groups is 1. The lowest BCUT2D eigenvalue weighted by atomic mass is 9.93. The molecule has 0 atom stereocenters. The summed E-state index contributed by atoms with van der Waals surface area (Å²) in [7, 11) is 3.70. The summed E-state index contributed by atoms with van der Waals surface area (Å²) in [6.45, 7) is 12.0. The van der Waals surface area contributed by atoms with Gasteiger partial charge in [-0.25, -0.2) is 9.67 Å². The smallest absolute Gasteiger partial charge is 0.252 e. The van der Waals surface area contributed by atoms with Crippen molar-refractivity contribution in [1.29, 1.82) is 0 Å². The van der Waals surface area contributed by atoms with Crippen LogP contribution in [0.3, 0.4) is 0 Å². The van der Waals surface area contributed by atoms with Gasteiger partial charge in [-0.3, -0.25) is 14.5 Å². The van der Waals surface area contributed by atoms with E-state index in [1.54, 1.807) is 27.8 Å². The highest BCUT2D eigenvalue weighted by molar-refractivity contribution is 5.96. The molecule has 12 heteroatoms. The van der Waals surface area contributed by atoms with E-state index in [0.29, 0.717) is 40.6 Å². The molecule has 3 N–H and O–H groups in total. The van der Waals surface area contributed by atoms with Crippen LogP contribution in [0.4, 0.5) is 23.1 Å². The van der Waals surface area contributed by atoms with Gasteiger partial charge in [0, 0.05) is 52.3 Å². The molecule has 1 aliphatic heterocycles. The van der Waals surface area contributed by atoms with Crippen molar-refractivity contribution in [3.8, 4) is 0 Å². The van der Waals surface area contributed by atoms with Crippen LogP contribution < -0.4 is 16.0 Å². The van der Waals surface area contributed by atoms with Crippen LogP contribution in [0, 0.1) is 19.3 Å². The number of carbonyl (C=O) groups excluding carboxylic acids is 1. The number of aromatic nitrogens is 7. The third-order valence-corrected chi connectivity index (χ3v) is 6.91. The van der Waals surface area contributed by atoms with Gasteiger partial charge in [-0.05, 0) is 38.3 Å². The molecule has 0 bridgehead atoms. The summed E-state index contributed by atoms with van der Waals surface area (Å²) >= 11 is 0. The first-order valence-corrected chi connectivity index (χ1v) is 12.8. The van der Waals surface area contributed by atoms with Crippen LogP contribution in [0.2, 0.25) is 0 Å². The van der Waals surface area contributed by atoms with Crippen molar-refractivity contribution < 1.29 is 4.79 Å². The Bertz CT molecular complexity index is 1490. The lowest BCUT2D eigenvalue weighted by Gasteiger charge is -2.19. The van der Waals surface area contributed by atoms with Crippen LogP contribution in [-0.2, 0) is 14.1 Å². The minimum Gasteiger partial charge on any atom is -0.351 e. The topological polar surface area (TPSA) is 131 Å². The molecule has 0 spiro atoms. The number of nitrogens with one attached hydrogen (secondary N) is 3. The molecule has 4 aromatic rings. The number of rotatable bonds is 8. The van der Waals surface area contributed by atoms with Crippen LogP contribution in [-0.4, -0.2) is 71.5 Å². The Kier molecular flexibility index (Phi) is 6.74. The highest BCUT2D eigenvalue weighted by Crippen LogP contribution is 2.29. The van der Waals surface area contributed by atoms with E-state index in [2.05, 4.69) is 59.8 Å². The minimum absolute atomic E-state index is 0.144. The van der Waals surface area contributed by atoms with E-state index in [1.165, 1.54) is 6.42 Å². The number of hydrogen-bond donors (Lipinski definition) is 3. The molecule has 1 amide bonds. The van der Waals surface area contributed by atoms with Crippen LogP contribution in [0.15, 0.2) is 24.7 Å². The summed E-state index contributed by atoms with van der Waals surface area (Å²) in [6, 6.07) is 1.80.